The third-order valence-corrected chi connectivity index (χ3v) is 7.01. The highest BCUT2D eigenvalue weighted by Gasteiger charge is 2.41. The Bertz CT molecular complexity index is 1440. The first-order valence-corrected chi connectivity index (χ1v) is 12.2. The topological polar surface area (TPSA) is 80.3 Å². The largest absolute Gasteiger partial charge is 0.497 e. The summed E-state index contributed by atoms with van der Waals surface area (Å²) in [5, 5.41) is 6.17. The third kappa shape index (κ3) is 4.77. The number of nitrogens with zero attached hydrogens (tertiary/aromatic N) is 1. The number of carbonyl (C=O) groups is 2. The van der Waals surface area contributed by atoms with E-state index in [1.165, 1.54) is 6.07 Å². The lowest BCUT2D eigenvalue weighted by molar-refractivity contribution is -0.116. The summed E-state index contributed by atoms with van der Waals surface area (Å²) in [6.07, 6.45) is 0.842. The number of hydrogen-bond acceptors (Lipinski definition) is 5. The number of methoxy groups -OCH3 is 1. The number of dihydropyridines is 1. The number of ketones is 1. The van der Waals surface area contributed by atoms with Gasteiger partial charge in [0.1, 0.15) is 17.4 Å². The molecule has 1 aromatic heterocycles. The molecule has 6 nitrogen and oxygen atoms in total. The Morgan fingerprint density at radius 3 is 2.49 bits per heavy atom. The average molecular weight is 498 g/mol. The van der Waals surface area contributed by atoms with E-state index >= 15 is 4.39 Å². The average Bonchev–Trinajstić information content (AvgIpc) is 2.88. The monoisotopic (exact) mass is 497 g/mol. The van der Waals surface area contributed by atoms with Crippen molar-refractivity contribution in [3.63, 3.8) is 0 Å². The molecule has 0 radical (unpaired) electrons. The van der Waals surface area contributed by atoms with Crippen molar-refractivity contribution in [2.75, 3.05) is 12.4 Å². The molecule has 1 aliphatic heterocycles. The fourth-order valence-electron chi connectivity index (χ4n) is 5.27. The smallest absolute Gasteiger partial charge is 0.255 e. The second kappa shape index (κ2) is 10.0. The van der Waals surface area contributed by atoms with Crippen LogP contribution in [0.4, 0.5) is 10.2 Å². The van der Waals surface area contributed by atoms with Gasteiger partial charge in [-0.25, -0.2) is 9.37 Å². The Labute approximate surface area is 215 Å². The van der Waals surface area contributed by atoms with Crippen LogP contribution in [0.5, 0.6) is 5.75 Å². The molecule has 1 aliphatic carbocycles. The van der Waals surface area contributed by atoms with Gasteiger partial charge in [-0.3, -0.25) is 9.59 Å². The summed E-state index contributed by atoms with van der Waals surface area (Å²) in [5.41, 5.74) is 4.16. The molecule has 188 valence electrons. The maximum absolute atomic E-state index is 15.2. The van der Waals surface area contributed by atoms with Crippen LogP contribution >= 0.6 is 0 Å². The second-order valence-electron chi connectivity index (χ2n) is 9.43. The highest BCUT2D eigenvalue weighted by atomic mass is 19.1. The van der Waals surface area contributed by atoms with E-state index in [-0.39, 0.29) is 18.1 Å². The molecule has 0 saturated heterocycles. The first-order chi connectivity index (χ1) is 17.9. The van der Waals surface area contributed by atoms with Crippen molar-refractivity contribution in [1.29, 1.82) is 0 Å². The maximum atomic E-state index is 15.2. The summed E-state index contributed by atoms with van der Waals surface area (Å²) in [4.78, 5) is 31.7. The third-order valence-electron chi connectivity index (χ3n) is 7.01. The molecule has 1 amide bonds. The number of ether oxygens (including phenoxy) is 1. The van der Waals surface area contributed by atoms with Gasteiger partial charge >= 0.3 is 0 Å². The number of halogens is 1. The van der Waals surface area contributed by atoms with Crippen LogP contribution in [0.3, 0.4) is 0 Å². The Morgan fingerprint density at radius 1 is 1.03 bits per heavy atom. The molecule has 2 aliphatic rings. The minimum absolute atomic E-state index is 0.0365. The number of anilines is 1. The summed E-state index contributed by atoms with van der Waals surface area (Å²) in [6, 6.07) is 19.4. The van der Waals surface area contributed by atoms with Crippen LogP contribution < -0.4 is 15.4 Å². The van der Waals surface area contributed by atoms with Crippen LogP contribution in [-0.4, -0.2) is 23.8 Å². The van der Waals surface area contributed by atoms with Crippen LogP contribution in [0.2, 0.25) is 0 Å². The van der Waals surface area contributed by atoms with Crippen molar-refractivity contribution < 1.29 is 18.7 Å². The van der Waals surface area contributed by atoms with Gasteiger partial charge < -0.3 is 15.4 Å². The zero-order valence-electron chi connectivity index (χ0n) is 21.0. The van der Waals surface area contributed by atoms with Gasteiger partial charge in [0.05, 0.1) is 7.11 Å². The summed E-state index contributed by atoms with van der Waals surface area (Å²) in [5.74, 6) is -0.705. The number of amides is 1. The fraction of sp³-hybridized carbons (Fsp3) is 0.233. The summed E-state index contributed by atoms with van der Waals surface area (Å²) >= 11 is 0. The standard InChI is InChI=1S/C30H28FN3O3/c1-17-7-6-10-26(32-17)34-30(36)27-18(2)33-24-15-20(19-11-13-21(37-3)14-12-19)16-25(35)29(24)28(27)22-8-4-5-9-23(22)31/h4-14,20,28,33H,15-16H2,1-3H3,(H,32,34,36). The van der Waals surface area contributed by atoms with E-state index in [0.29, 0.717) is 34.6 Å². The number of carbonyl (C=O) groups excluding carboxylic acids is 2. The van der Waals surface area contributed by atoms with Crippen molar-refractivity contribution in [3.05, 3.63) is 112 Å². The Hall–Kier alpha value is -4.26. The lowest BCUT2D eigenvalue weighted by Gasteiger charge is -2.37. The molecule has 0 bridgehead atoms. The predicted molar refractivity (Wildman–Crippen MR) is 140 cm³/mol. The Kier molecular flexibility index (Phi) is 6.61. The quantitative estimate of drug-likeness (QED) is 0.484. The zero-order valence-corrected chi connectivity index (χ0v) is 21.0. The molecular formula is C30H28FN3O3. The number of nitrogens with one attached hydrogen (secondary N) is 2. The maximum Gasteiger partial charge on any atom is 0.255 e. The molecule has 5 rings (SSSR count). The molecule has 0 saturated carbocycles. The molecule has 7 heteroatoms. The molecule has 0 fully saturated rings. The molecule has 2 atom stereocenters. The SMILES string of the molecule is COc1ccc(C2CC(=O)C3=C(C2)NC(C)=C(C(=O)Nc2cccc(C)n2)C3c2ccccc2F)cc1. The predicted octanol–water partition coefficient (Wildman–Crippen LogP) is 5.54. The summed E-state index contributed by atoms with van der Waals surface area (Å²) in [7, 11) is 1.61. The van der Waals surface area contributed by atoms with Crippen LogP contribution in [0, 0.1) is 12.7 Å². The van der Waals surface area contributed by atoms with E-state index in [2.05, 4.69) is 15.6 Å². The van der Waals surface area contributed by atoms with Gasteiger partial charge in [-0.2, -0.15) is 0 Å². The van der Waals surface area contributed by atoms with E-state index in [1.54, 1.807) is 44.4 Å². The van der Waals surface area contributed by atoms with Gasteiger partial charge in [-0.15, -0.1) is 0 Å². The summed E-state index contributed by atoms with van der Waals surface area (Å²) in [6.45, 7) is 3.62. The number of benzene rings is 2. The van der Waals surface area contributed by atoms with Crippen molar-refractivity contribution in [2.24, 2.45) is 0 Å². The summed E-state index contributed by atoms with van der Waals surface area (Å²) < 4.78 is 20.4. The molecular weight excluding hydrogens is 469 g/mol. The number of hydrogen-bond donors (Lipinski definition) is 2. The van der Waals surface area contributed by atoms with E-state index in [1.807, 2.05) is 37.3 Å². The van der Waals surface area contributed by atoms with Gasteiger partial charge in [-0.05, 0) is 62.1 Å². The van der Waals surface area contributed by atoms with E-state index < -0.39 is 17.6 Å². The van der Waals surface area contributed by atoms with Crippen molar-refractivity contribution in [3.8, 4) is 5.75 Å². The first kappa shape index (κ1) is 24.4. The molecule has 0 spiro atoms. The fourth-order valence-corrected chi connectivity index (χ4v) is 5.27. The van der Waals surface area contributed by atoms with Gasteiger partial charge in [-0.1, -0.05) is 36.4 Å². The number of aromatic nitrogens is 1. The minimum atomic E-state index is -0.827. The molecule has 2 heterocycles. The molecule has 2 N–H and O–H groups in total. The lowest BCUT2D eigenvalue weighted by Crippen LogP contribution is -2.37. The lowest BCUT2D eigenvalue weighted by atomic mass is 9.71. The number of rotatable bonds is 5. The van der Waals surface area contributed by atoms with Crippen LogP contribution in [-0.2, 0) is 9.59 Å². The number of Topliss-reactive ketones (excluding diaryl/α,β-unsaturated/α-hetero) is 1. The van der Waals surface area contributed by atoms with Crippen LogP contribution in [0.25, 0.3) is 0 Å². The van der Waals surface area contributed by atoms with E-state index in [0.717, 1.165) is 22.7 Å². The number of aryl methyl sites for hydroxylation is 1. The molecule has 37 heavy (non-hydrogen) atoms. The van der Waals surface area contributed by atoms with Gasteiger partial charge in [0.25, 0.3) is 5.91 Å². The van der Waals surface area contributed by atoms with Gasteiger partial charge in [0.15, 0.2) is 5.78 Å². The van der Waals surface area contributed by atoms with Crippen LogP contribution in [0.1, 0.15) is 48.4 Å². The molecule has 2 aromatic carbocycles. The number of allylic oxidation sites excluding steroid dienone is 3. The van der Waals surface area contributed by atoms with Crippen LogP contribution in [0.15, 0.2) is 89.3 Å². The van der Waals surface area contributed by atoms with Crippen molar-refractivity contribution in [2.45, 2.75) is 38.5 Å². The Balaban J connectivity index is 1.55. The Morgan fingerprint density at radius 2 is 1.78 bits per heavy atom. The van der Waals surface area contributed by atoms with Gasteiger partial charge in [0.2, 0.25) is 0 Å². The highest BCUT2D eigenvalue weighted by molar-refractivity contribution is 6.09. The molecule has 2 unspecified atom stereocenters. The number of pyridine rings is 1. The van der Waals surface area contributed by atoms with Crippen molar-refractivity contribution >= 4 is 17.5 Å². The van der Waals surface area contributed by atoms with E-state index in [4.69, 9.17) is 4.74 Å². The zero-order chi connectivity index (χ0) is 26.1. The highest BCUT2D eigenvalue weighted by Crippen LogP contribution is 2.46. The normalized spacial score (nSPS) is 19.3. The van der Waals surface area contributed by atoms with Crippen molar-refractivity contribution in [1.82, 2.24) is 10.3 Å². The molecule has 3 aromatic rings. The second-order valence-corrected chi connectivity index (χ2v) is 9.43. The van der Waals surface area contributed by atoms with E-state index in [9.17, 15) is 9.59 Å². The first-order valence-electron chi connectivity index (χ1n) is 12.2. The minimum Gasteiger partial charge on any atom is -0.497 e. The van der Waals surface area contributed by atoms with Gasteiger partial charge in [0, 0.05) is 46.1 Å².